The number of aliphatic imine (C=N–C) groups is 1. The molecule has 0 saturated carbocycles. The van der Waals surface area contributed by atoms with Gasteiger partial charge in [-0.1, -0.05) is 37.0 Å². The van der Waals surface area contributed by atoms with Crippen LogP contribution in [0.5, 0.6) is 0 Å². The van der Waals surface area contributed by atoms with Crippen molar-refractivity contribution >= 4 is 53.1 Å². The molecule has 8 heteroatoms. The number of guanidine groups is 1. The van der Waals surface area contributed by atoms with Crippen molar-refractivity contribution in [3.05, 3.63) is 21.9 Å². The molecule has 0 unspecified atom stereocenters. The molecule has 5 nitrogen and oxygen atoms in total. The SMILES string of the molecule is CCNC(=NCc1cc(Cl)c(Cl)n1C)NCCCOCC(C)C.I. The fraction of sp³-hybridized carbons (Fsp3) is 0.688. The van der Waals surface area contributed by atoms with Gasteiger partial charge in [-0.15, -0.1) is 24.0 Å². The Balaban J connectivity index is 0.00000529. The normalized spacial score (nSPS) is 11.5. The van der Waals surface area contributed by atoms with Crippen molar-refractivity contribution in [2.24, 2.45) is 18.0 Å². The minimum absolute atomic E-state index is 0. The van der Waals surface area contributed by atoms with Crippen molar-refractivity contribution in [2.45, 2.75) is 33.7 Å². The van der Waals surface area contributed by atoms with Crippen molar-refractivity contribution in [1.29, 1.82) is 0 Å². The van der Waals surface area contributed by atoms with Crippen LogP contribution in [0.15, 0.2) is 11.1 Å². The zero-order chi connectivity index (χ0) is 17.2. The van der Waals surface area contributed by atoms with Gasteiger partial charge in [-0.25, -0.2) is 4.99 Å². The molecule has 0 aliphatic heterocycles. The third-order valence-corrected chi connectivity index (χ3v) is 4.01. The van der Waals surface area contributed by atoms with Crippen LogP contribution in [0.4, 0.5) is 0 Å². The molecule has 0 aliphatic rings. The van der Waals surface area contributed by atoms with Crippen LogP contribution in [-0.4, -0.2) is 36.8 Å². The number of nitrogens with zero attached hydrogens (tertiary/aromatic N) is 2. The first-order valence-electron chi connectivity index (χ1n) is 8.05. The highest BCUT2D eigenvalue weighted by molar-refractivity contribution is 14.0. The minimum atomic E-state index is 0. The van der Waals surface area contributed by atoms with E-state index < -0.39 is 0 Å². The van der Waals surface area contributed by atoms with Gasteiger partial charge in [0.25, 0.3) is 0 Å². The van der Waals surface area contributed by atoms with Crippen LogP contribution in [0.2, 0.25) is 10.2 Å². The number of hydrogen-bond acceptors (Lipinski definition) is 2. The average molecular weight is 491 g/mol. The first-order chi connectivity index (χ1) is 11.0. The number of hydrogen-bond donors (Lipinski definition) is 2. The number of rotatable bonds is 9. The Kier molecular flexibility index (Phi) is 13.0. The molecule has 1 rings (SSSR count). The monoisotopic (exact) mass is 490 g/mol. The fourth-order valence-electron chi connectivity index (χ4n) is 1.94. The Morgan fingerprint density at radius 3 is 2.58 bits per heavy atom. The van der Waals surface area contributed by atoms with E-state index in [1.165, 1.54) is 0 Å². The topological polar surface area (TPSA) is 50.6 Å². The number of ether oxygens (including phenoxy) is 1. The Hall–Kier alpha value is -0.180. The van der Waals surface area contributed by atoms with Gasteiger partial charge in [0.1, 0.15) is 5.15 Å². The summed E-state index contributed by atoms with van der Waals surface area (Å²) in [5.74, 6) is 1.36. The summed E-state index contributed by atoms with van der Waals surface area (Å²) in [6, 6.07) is 1.84. The summed E-state index contributed by atoms with van der Waals surface area (Å²) >= 11 is 12.1. The van der Waals surface area contributed by atoms with E-state index >= 15 is 0 Å². The maximum absolute atomic E-state index is 6.07. The van der Waals surface area contributed by atoms with E-state index in [0.29, 0.717) is 22.6 Å². The third-order valence-electron chi connectivity index (χ3n) is 3.17. The van der Waals surface area contributed by atoms with E-state index in [2.05, 4.69) is 29.5 Å². The fourth-order valence-corrected chi connectivity index (χ4v) is 2.36. The molecule has 0 spiro atoms. The van der Waals surface area contributed by atoms with Gasteiger partial charge in [0.2, 0.25) is 0 Å². The van der Waals surface area contributed by atoms with Crippen molar-refractivity contribution in [3.63, 3.8) is 0 Å². The lowest BCUT2D eigenvalue weighted by atomic mass is 10.2. The summed E-state index contributed by atoms with van der Waals surface area (Å²) in [4.78, 5) is 4.56. The maximum atomic E-state index is 6.07. The summed E-state index contributed by atoms with van der Waals surface area (Å²) in [6.45, 7) is 10.0. The highest BCUT2D eigenvalue weighted by Gasteiger charge is 2.08. The Morgan fingerprint density at radius 2 is 2.04 bits per heavy atom. The van der Waals surface area contributed by atoms with Crippen LogP contribution < -0.4 is 10.6 Å². The van der Waals surface area contributed by atoms with Crippen molar-refractivity contribution < 1.29 is 4.74 Å². The predicted octanol–water partition coefficient (Wildman–Crippen LogP) is 4.07. The van der Waals surface area contributed by atoms with Crippen molar-refractivity contribution in [1.82, 2.24) is 15.2 Å². The molecule has 0 aromatic carbocycles. The maximum Gasteiger partial charge on any atom is 0.191 e. The van der Waals surface area contributed by atoms with Crippen LogP contribution in [-0.2, 0) is 18.3 Å². The summed E-state index contributed by atoms with van der Waals surface area (Å²) in [5, 5.41) is 7.62. The molecule has 1 aromatic heterocycles. The minimum Gasteiger partial charge on any atom is -0.381 e. The summed E-state index contributed by atoms with van der Waals surface area (Å²) in [5.41, 5.74) is 0.970. The van der Waals surface area contributed by atoms with Gasteiger partial charge in [0.15, 0.2) is 5.96 Å². The second-order valence-corrected chi connectivity index (χ2v) is 6.54. The first-order valence-corrected chi connectivity index (χ1v) is 8.80. The van der Waals surface area contributed by atoms with E-state index in [1.807, 2.05) is 24.6 Å². The molecule has 1 aromatic rings. The van der Waals surface area contributed by atoms with Gasteiger partial charge in [-0.3, -0.25) is 0 Å². The molecule has 0 atom stereocenters. The standard InChI is InChI=1S/C16H28Cl2N4O.HI/c1-5-19-16(20-7-6-8-23-11-12(2)3)21-10-13-9-14(17)15(18)22(13)4;/h9,12H,5-8,10-11H2,1-4H3,(H2,19,20,21);1H. The van der Waals surface area contributed by atoms with Gasteiger partial charge in [-0.2, -0.15) is 0 Å². The zero-order valence-electron chi connectivity index (χ0n) is 14.9. The van der Waals surface area contributed by atoms with Crippen LogP contribution in [0, 0.1) is 5.92 Å². The highest BCUT2D eigenvalue weighted by Crippen LogP contribution is 2.25. The smallest absolute Gasteiger partial charge is 0.191 e. The van der Waals surface area contributed by atoms with Crippen molar-refractivity contribution in [2.75, 3.05) is 26.3 Å². The van der Waals surface area contributed by atoms with Crippen LogP contribution in [0.3, 0.4) is 0 Å². The molecule has 0 radical (unpaired) electrons. The average Bonchev–Trinajstić information content (AvgIpc) is 2.75. The summed E-state index contributed by atoms with van der Waals surface area (Å²) < 4.78 is 7.41. The van der Waals surface area contributed by atoms with E-state index in [1.54, 1.807) is 0 Å². The van der Waals surface area contributed by atoms with Crippen LogP contribution in [0.1, 0.15) is 32.9 Å². The lowest BCUT2D eigenvalue weighted by Gasteiger charge is -2.12. The molecule has 0 aliphatic carbocycles. The summed E-state index contributed by atoms with van der Waals surface area (Å²) in [7, 11) is 1.88. The first kappa shape index (κ1) is 23.8. The Bertz CT molecular complexity index is 507. The van der Waals surface area contributed by atoms with Crippen molar-refractivity contribution in [3.8, 4) is 0 Å². The molecule has 1 heterocycles. The van der Waals surface area contributed by atoms with Gasteiger partial charge < -0.3 is 19.9 Å². The molecular weight excluding hydrogens is 462 g/mol. The molecule has 2 N–H and O–H groups in total. The second kappa shape index (κ2) is 13.1. The predicted molar refractivity (Wildman–Crippen MR) is 114 cm³/mol. The quantitative estimate of drug-likeness (QED) is 0.237. The molecule has 0 saturated heterocycles. The highest BCUT2D eigenvalue weighted by atomic mass is 127. The Morgan fingerprint density at radius 1 is 1.33 bits per heavy atom. The molecule has 0 fully saturated rings. The molecule has 0 amide bonds. The third kappa shape index (κ3) is 8.78. The number of nitrogens with one attached hydrogen (secondary N) is 2. The number of halogens is 3. The van der Waals surface area contributed by atoms with E-state index in [-0.39, 0.29) is 24.0 Å². The van der Waals surface area contributed by atoms with Crippen LogP contribution in [0.25, 0.3) is 0 Å². The van der Waals surface area contributed by atoms with Gasteiger partial charge in [0.05, 0.1) is 11.6 Å². The molecule has 24 heavy (non-hydrogen) atoms. The van der Waals surface area contributed by atoms with Gasteiger partial charge >= 0.3 is 0 Å². The second-order valence-electron chi connectivity index (χ2n) is 5.78. The van der Waals surface area contributed by atoms with E-state index in [9.17, 15) is 0 Å². The van der Waals surface area contributed by atoms with E-state index in [0.717, 1.165) is 44.4 Å². The van der Waals surface area contributed by atoms with Crippen LogP contribution >= 0.6 is 47.2 Å². The van der Waals surface area contributed by atoms with Gasteiger partial charge in [0, 0.05) is 39.0 Å². The summed E-state index contributed by atoms with van der Waals surface area (Å²) in [6.07, 6.45) is 0.943. The molecule has 0 bridgehead atoms. The van der Waals surface area contributed by atoms with Gasteiger partial charge in [-0.05, 0) is 25.3 Å². The molecular formula is C16H29Cl2IN4O. The molecule has 140 valence electrons. The number of aromatic nitrogens is 1. The lowest BCUT2D eigenvalue weighted by molar-refractivity contribution is 0.108. The lowest BCUT2D eigenvalue weighted by Crippen LogP contribution is -2.38. The zero-order valence-corrected chi connectivity index (χ0v) is 18.7. The Labute approximate surface area is 172 Å². The largest absolute Gasteiger partial charge is 0.381 e. The van der Waals surface area contributed by atoms with E-state index in [4.69, 9.17) is 27.9 Å².